The van der Waals surface area contributed by atoms with Gasteiger partial charge >= 0.3 is 56.5 Å². The van der Waals surface area contributed by atoms with E-state index in [0.717, 1.165) is 42.3 Å². The van der Waals surface area contributed by atoms with Crippen molar-refractivity contribution in [2.45, 2.75) is 26.3 Å². The Hall–Kier alpha value is -2.64. The van der Waals surface area contributed by atoms with Crippen LogP contribution in [0.3, 0.4) is 0 Å². The van der Waals surface area contributed by atoms with E-state index >= 15 is 0 Å². The summed E-state index contributed by atoms with van der Waals surface area (Å²) in [5, 5.41) is 4.52. The summed E-state index contributed by atoms with van der Waals surface area (Å²) in [7, 11) is 0. The molecule has 0 radical (unpaired) electrons. The molecule has 0 saturated carbocycles. The summed E-state index contributed by atoms with van der Waals surface area (Å²) in [5.74, 6) is 1.77. The van der Waals surface area contributed by atoms with Crippen LogP contribution >= 0.6 is 0 Å². The van der Waals surface area contributed by atoms with Gasteiger partial charge in [-0.3, -0.25) is 0 Å². The number of allylic oxidation sites excluding steroid dienone is 1. The number of aryl methyl sites for hydroxylation is 1. The molecule has 29 heavy (non-hydrogen) atoms. The minimum atomic E-state index is 0. The normalized spacial score (nSPS) is 8.86. The van der Waals surface area contributed by atoms with Crippen LogP contribution < -0.4 is 4.74 Å². The molecule has 1 aliphatic heterocycles. The van der Waals surface area contributed by atoms with Gasteiger partial charge in [0.1, 0.15) is 5.76 Å². The van der Waals surface area contributed by atoms with Gasteiger partial charge in [0, 0.05) is 32.7 Å². The molecule has 0 saturated heterocycles. The van der Waals surface area contributed by atoms with Crippen LogP contribution in [-0.2, 0) is 57.3 Å². The van der Waals surface area contributed by atoms with Gasteiger partial charge in [-0.15, -0.1) is 0 Å². The van der Waals surface area contributed by atoms with Gasteiger partial charge in [-0.05, 0) is 12.5 Å². The Bertz CT molecular complexity index is 754. The maximum absolute atomic E-state index is 7.50. The Morgan fingerprint density at radius 1 is 0.931 bits per heavy atom. The smallest absolute Gasteiger partial charge is 0 e. The van der Waals surface area contributed by atoms with Crippen molar-refractivity contribution in [1.82, 2.24) is 9.78 Å². The molecule has 0 fully saturated rings. The van der Waals surface area contributed by atoms with Crippen molar-refractivity contribution in [1.29, 1.82) is 0 Å². The zero-order valence-corrected chi connectivity index (χ0v) is 18.3. The minimum absolute atomic E-state index is 0. The number of rotatable bonds is 3. The fourth-order valence-electron chi connectivity index (χ4n) is 2.14. The van der Waals surface area contributed by atoms with E-state index < -0.39 is 0 Å². The van der Waals surface area contributed by atoms with Crippen molar-refractivity contribution < 1.29 is 49.1 Å². The van der Waals surface area contributed by atoms with E-state index in [-0.39, 0.29) is 21.1 Å². The van der Waals surface area contributed by atoms with Gasteiger partial charge in [-0.1, -0.05) is 43.7 Å². The van der Waals surface area contributed by atoms with Crippen LogP contribution in [0.1, 0.15) is 24.6 Å². The third-order valence-electron chi connectivity index (χ3n) is 3.02. The minimum Gasteiger partial charge on any atom is 0 e. The number of nitrogens with zero attached hydrogens (tertiary/aromatic N) is 2. The van der Waals surface area contributed by atoms with Crippen molar-refractivity contribution in [2.75, 3.05) is 0 Å². The number of ether oxygens (including phenoxy) is 1. The SMILES string of the molecule is CCCc1cc2n(n1)CC=C(c1ccccc1)O2.[C-]#[O+].[C-]#[O+].[C-]#[O+].[C-]#[O+].[C-]#[O+].[W]. The van der Waals surface area contributed by atoms with E-state index in [1.54, 1.807) is 0 Å². The number of hydrogen-bond donors (Lipinski definition) is 0. The summed E-state index contributed by atoms with van der Waals surface area (Å²) >= 11 is 0. The van der Waals surface area contributed by atoms with Gasteiger partial charge in [0.25, 0.3) is 0 Å². The van der Waals surface area contributed by atoms with Crippen molar-refractivity contribution in [3.05, 3.63) is 87.0 Å². The molecule has 2 heterocycles. The van der Waals surface area contributed by atoms with E-state index in [1.807, 2.05) is 28.9 Å². The van der Waals surface area contributed by atoms with Crippen molar-refractivity contribution in [2.24, 2.45) is 0 Å². The standard InChI is InChI=1S/C15H16N2O.5CO.W/c1-2-6-13-11-15-17(16-13)10-9-14(18-15)12-7-4-3-5-8-12;5*1-2;/h3-5,7-9,11H,2,6,10H2,1H3;;;;;;. The summed E-state index contributed by atoms with van der Waals surface area (Å²) in [6.07, 6.45) is 4.19. The Kier molecular flexibility index (Phi) is 29.6. The molecule has 148 valence electrons. The number of fused-ring (bicyclic) bond motifs is 1. The average molecular weight is 564 g/mol. The fraction of sp³-hybridized carbons (Fsp3) is 0.200. The number of hydrogen-bond acceptors (Lipinski definition) is 2. The van der Waals surface area contributed by atoms with Crippen LogP contribution in [0.2, 0.25) is 0 Å². The molecule has 0 atom stereocenters. The first kappa shape index (κ1) is 33.9. The molecule has 0 aliphatic carbocycles. The quantitative estimate of drug-likeness (QED) is 0.420. The van der Waals surface area contributed by atoms with Gasteiger partial charge in [0.05, 0.1) is 12.2 Å². The molecular formula is C20H16N2O6W. The van der Waals surface area contributed by atoms with E-state index in [9.17, 15) is 0 Å². The monoisotopic (exact) mass is 564 g/mol. The maximum Gasteiger partial charge on any atom is 0 e. The second kappa shape index (κ2) is 25.4. The largest absolute Gasteiger partial charge is 0 e. The maximum atomic E-state index is 7.50. The predicted octanol–water partition coefficient (Wildman–Crippen LogP) is 3.08. The molecule has 1 aromatic carbocycles. The molecule has 9 heteroatoms. The molecule has 1 aliphatic rings. The first-order chi connectivity index (χ1) is 13.9. The van der Waals surface area contributed by atoms with E-state index in [2.05, 4.69) is 63.5 Å². The third kappa shape index (κ3) is 12.4. The third-order valence-corrected chi connectivity index (χ3v) is 3.02. The molecule has 0 spiro atoms. The first-order valence-corrected chi connectivity index (χ1v) is 7.39. The van der Waals surface area contributed by atoms with Gasteiger partial charge in [0.2, 0.25) is 5.88 Å². The van der Waals surface area contributed by atoms with Gasteiger partial charge in [-0.2, -0.15) is 5.10 Å². The van der Waals surface area contributed by atoms with Gasteiger partial charge < -0.3 is 4.74 Å². The van der Waals surface area contributed by atoms with Crippen LogP contribution in [0.5, 0.6) is 5.88 Å². The molecule has 3 rings (SSSR count). The molecule has 0 N–H and O–H groups in total. The zero-order chi connectivity index (χ0) is 22.4. The van der Waals surface area contributed by atoms with E-state index in [4.69, 9.17) is 28.0 Å². The second-order valence-electron chi connectivity index (χ2n) is 4.44. The number of aromatic nitrogens is 2. The molecular weight excluding hydrogens is 548 g/mol. The van der Waals surface area contributed by atoms with Crippen molar-refractivity contribution >= 4 is 5.76 Å². The second-order valence-corrected chi connectivity index (χ2v) is 4.44. The van der Waals surface area contributed by atoms with Crippen LogP contribution in [0.25, 0.3) is 5.76 Å². The summed E-state index contributed by atoms with van der Waals surface area (Å²) in [6.45, 7) is 25.4. The average Bonchev–Trinajstić information content (AvgIpc) is 3.23. The Morgan fingerprint density at radius 2 is 1.45 bits per heavy atom. The molecule has 1 aromatic heterocycles. The molecule has 8 nitrogen and oxygen atoms in total. The van der Waals surface area contributed by atoms with Crippen molar-refractivity contribution in [3.63, 3.8) is 0 Å². The summed E-state index contributed by atoms with van der Waals surface area (Å²) in [4.78, 5) is 0. The summed E-state index contributed by atoms with van der Waals surface area (Å²) < 4.78 is 45.3. The summed E-state index contributed by atoms with van der Waals surface area (Å²) in [6, 6.07) is 12.2. The fourth-order valence-corrected chi connectivity index (χ4v) is 2.14. The first-order valence-electron chi connectivity index (χ1n) is 7.39. The predicted molar refractivity (Wildman–Crippen MR) is 90.9 cm³/mol. The molecule has 0 bridgehead atoms. The Balaban J connectivity index is -0.000000250. The van der Waals surface area contributed by atoms with Gasteiger partial charge in [0.15, 0.2) is 0 Å². The van der Waals surface area contributed by atoms with Crippen LogP contribution in [0, 0.1) is 33.3 Å². The zero-order valence-electron chi connectivity index (χ0n) is 15.4. The van der Waals surface area contributed by atoms with Gasteiger partial charge in [-0.25, -0.2) is 4.68 Å². The molecule has 0 unspecified atom stereocenters. The van der Waals surface area contributed by atoms with Crippen LogP contribution in [0.4, 0.5) is 0 Å². The van der Waals surface area contributed by atoms with Crippen molar-refractivity contribution in [3.8, 4) is 5.88 Å². The van der Waals surface area contributed by atoms with E-state index in [0.29, 0.717) is 0 Å². The van der Waals surface area contributed by atoms with Crippen LogP contribution in [0.15, 0.2) is 42.5 Å². The Labute approximate surface area is 183 Å². The molecule has 2 aromatic rings. The molecule has 0 amide bonds. The number of benzene rings is 1. The Morgan fingerprint density at radius 3 is 1.93 bits per heavy atom. The summed E-state index contributed by atoms with van der Waals surface area (Å²) in [5.41, 5.74) is 2.22. The van der Waals surface area contributed by atoms with Crippen LogP contribution in [-0.4, -0.2) is 9.78 Å². The topological polar surface area (TPSA) is 127 Å². The van der Waals surface area contributed by atoms with E-state index in [1.165, 1.54) is 0 Å².